The summed E-state index contributed by atoms with van der Waals surface area (Å²) in [5.74, 6) is 0. The summed E-state index contributed by atoms with van der Waals surface area (Å²) in [6, 6.07) is 0. The van der Waals surface area contributed by atoms with E-state index in [2.05, 4.69) is 54.4 Å². The van der Waals surface area contributed by atoms with E-state index in [1.54, 1.807) is 0 Å². The van der Waals surface area contributed by atoms with Crippen molar-refractivity contribution in [2.24, 2.45) is 0 Å². The fourth-order valence-corrected chi connectivity index (χ4v) is 3.66. The number of halogens is 1. The second-order valence-electron chi connectivity index (χ2n) is 4.30. The molecule has 0 amide bonds. The minimum Gasteiger partial charge on any atom is -0.408 e. The van der Waals surface area contributed by atoms with Crippen LogP contribution in [0, 0.1) is 0 Å². The molecule has 1 heterocycles. The van der Waals surface area contributed by atoms with Crippen LogP contribution in [-0.2, 0) is 9.16 Å². The molecule has 0 bridgehead atoms. The predicted molar refractivity (Wildman–Crippen MR) is 74.7 cm³/mol. The molecule has 2 nitrogen and oxygen atoms in total. The molecule has 0 spiro atoms. The lowest BCUT2D eigenvalue weighted by atomic mass is 10.1. The predicted octanol–water partition coefficient (Wildman–Crippen LogP) is 3.43. The Labute approximate surface area is 107 Å². The number of ether oxygens (including phenoxy) is 1. The van der Waals surface area contributed by atoms with Crippen molar-refractivity contribution < 1.29 is 9.16 Å². The summed E-state index contributed by atoms with van der Waals surface area (Å²) in [6.45, 7) is 7.20. The molecule has 4 heteroatoms. The maximum atomic E-state index is 6.07. The van der Waals surface area contributed by atoms with Crippen molar-refractivity contribution in [2.75, 3.05) is 6.61 Å². The fraction of sp³-hybridized carbons (Fsp3) is 0.636. The average Bonchev–Trinajstić information content (AvgIpc) is 2.16. The molecular weight excluding hydrogens is 319 g/mol. The zero-order valence-electron chi connectivity index (χ0n) is 9.57. The summed E-state index contributed by atoms with van der Waals surface area (Å²) in [6.07, 6.45) is 5.65. The quantitative estimate of drug-likeness (QED) is 0.578. The highest BCUT2D eigenvalue weighted by Gasteiger charge is 2.30. The van der Waals surface area contributed by atoms with Crippen LogP contribution in [0.25, 0.3) is 0 Å². The lowest BCUT2D eigenvalue weighted by Gasteiger charge is -2.33. The van der Waals surface area contributed by atoms with Crippen molar-refractivity contribution in [3.05, 3.63) is 21.9 Å². The van der Waals surface area contributed by atoms with Gasteiger partial charge in [0.05, 0.1) is 18.8 Å². The van der Waals surface area contributed by atoms with Crippen LogP contribution >= 0.6 is 22.6 Å². The lowest BCUT2D eigenvalue weighted by Crippen LogP contribution is -2.42. The second kappa shape index (κ2) is 6.17. The van der Waals surface area contributed by atoms with E-state index in [9.17, 15) is 0 Å². The Kier molecular flexibility index (Phi) is 5.52. The molecule has 1 aliphatic rings. The van der Waals surface area contributed by atoms with Gasteiger partial charge in [-0.15, -0.1) is 0 Å². The largest absolute Gasteiger partial charge is 0.408 e. The topological polar surface area (TPSA) is 18.5 Å². The van der Waals surface area contributed by atoms with Gasteiger partial charge in [0, 0.05) is 0 Å². The first-order chi connectivity index (χ1) is 7.05. The molecule has 0 aliphatic carbocycles. The highest BCUT2D eigenvalue weighted by atomic mass is 127. The maximum absolute atomic E-state index is 6.07. The van der Waals surface area contributed by atoms with Gasteiger partial charge in [-0.3, -0.25) is 0 Å². The Morgan fingerprint density at radius 1 is 1.67 bits per heavy atom. The monoisotopic (exact) mass is 338 g/mol. The summed E-state index contributed by atoms with van der Waals surface area (Å²) in [4.78, 5) is 0. The van der Waals surface area contributed by atoms with Crippen LogP contribution in [0.5, 0.6) is 0 Å². The van der Waals surface area contributed by atoms with Gasteiger partial charge in [-0.1, -0.05) is 40.4 Å². The van der Waals surface area contributed by atoms with E-state index in [1.165, 1.54) is 0 Å². The van der Waals surface area contributed by atoms with Crippen molar-refractivity contribution in [3.63, 3.8) is 0 Å². The van der Waals surface area contributed by atoms with Crippen LogP contribution in [0.4, 0.5) is 0 Å². The van der Waals surface area contributed by atoms with Gasteiger partial charge in [-0.2, -0.15) is 0 Å². The second-order valence-corrected chi connectivity index (χ2v) is 8.79. The SMILES string of the molecule is C[C@H](OC/C=C\I)[C@@H]1CC=C[Si](C)(C)O1. The molecule has 1 aliphatic heterocycles. The summed E-state index contributed by atoms with van der Waals surface area (Å²) in [5.41, 5.74) is 2.25. The van der Waals surface area contributed by atoms with Gasteiger partial charge in [-0.25, -0.2) is 0 Å². The molecule has 2 atom stereocenters. The van der Waals surface area contributed by atoms with Crippen molar-refractivity contribution >= 4 is 30.9 Å². The third kappa shape index (κ3) is 4.80. The van der Waals surface area contributed by atoms with Gasteiger partial charge in [0.1, 0.15) is 0 Å². The smallest absolute Gasteiger partial charge is 0.211 e. The number of hydrogen-bond acceptors (Lipinski definition) is 2. The first-order valence-corrected chi connectivity index (χ1v) is 9.50. The molecule has 0 aromatic heterocycles. The van der Waals surface area contributed by atoms with E-state index in [1.807, 2.05) is 10.2 Å². The normalized spacial score (nSPS) is 27.1. The molecule has 0 saturated heterocycles. The van der Waals surface area contributed by atoms with Crippen molar-refractivity contribution in [1.29, 1.82) is 0 Å². The highest BCUT2D eigenvalue weighted by molar-refractivity contribution is 14.1. The molecule has 0 fully saturated rings. The third-order valence-corrected chi connectivity index (χ3v) is 4.87. The molecule has 0 unspecified atom stereocenters. The van der Waals surface area contributed by atoms with Gasteiger partial charge < -0.3 is 9.16 Å². The summed E-state index contributed by atoms with van der Waals surface area (Å²) in [5, 5.41) is 0. The Morgan fingerprint density at radius 2 is 2.40 bits per heavy atom. The first-order valence-electron chi connectivity index (χ1n) is 5.27. The van der Waals surface area contributed by atoms with Crippen molar-refractivity contribution in [3.8, 4) is 0 Å². The van der Waals surface area contributed by atoms with E-state index in [0.717, 1.165) is 6.42 Å². The van der Waals surface area contributed by atoms with Gasteiger partial charge >= 0.3 is 0 Å². The van der Waals surface area contributed by atoms with Crippen LogP contribution < -0.4 is 0 Å². The fourth-order valence-electron chi connectivity index (χ4n) is 1.60. The molecule has 86 valence electrons. The minimum atomic E-state index is -1.54. The van der Waals surface area contributed by atoms with Gasteiger partial charge in [0.25, 0.3) is 0 Å². The van der Waals surface area contributed by atoms with Crippen molar-refractivity contribution in [2.45, 2.75) is 38.6 Å². The van der Waals surface area contributed by atoms with Crippen LogP contribution in [0.2, 0.25) is 13.1 Å². The molecular formula is C11H19IO2Si. The van der Waals surface area contributed by atoms with E-state index in [0.29, 0.717) is 6.61 Å². The van der Waals surface area contributed by atoms with E-state index in [4.69, 9.17) is 9.16 Å². The van der Waals surface area contributed by atoms with Crippen molar-refractivity contribution in [1.82, 2.24) is 0 Å². The Balaban J connectivity index is 2.40. The summed E-state index contributed by atoms with van der Waals surface area (Å²) >= 11 is 2.20. The summed E-state index contributed by atoms with van der Waals surface area (Å²) in [7, 11) is -1.54. The van der Waals surface area contributed by atoms with Crippen LogP contribution in [0.15, 0.2) is 21.9 Å². The molecule has 0 N–H and O–H groups in total. The molecule has 15 heavy (non-hydrogen) atoms. The van der Waals surface area contributed by atoms with Gasteiger partial charge in [0.2, 0.25) is 8.32 Å². The number of hydrogen-bond donors (Lipinski definition) is 0. The lowest BCUT2D eigenvalue weighted by molar-refractivity contribution is -0.00567. The maximum Gasteiger partial charge on any atom is 0.211 e. The van der Waals surface area contributed by atoms with E-state index < -0.39 is 8.32 Å². The minimum absolute atomic E-state index is 0.175. The number of rotatable bonds is 4. The zero-order chi connectivity index (χ0) is 11.3. The molecule has 0 aromatic carbocycles. The average molecular weight is 338 g/mol. The molecule has 1 rings (SSSR count). The summed E-state index contributed by atoms with van der Waals surface area (Å²) < 4.78 is 13.7. The molecule has 0 saturated carbocycles. The standard InChI is InChI=1S/C11H19IO2Si/c1-10(13-8-5-7-12)11-6-4-9-15(2,3)14-11/h4-5,7,9-11H,6,8H2,1-3H3/b7-5-/t10-,11-/m0/s1. The van der Waals surface area contributed by atoms with Crippen LogP contribution in [0.1, 0.15) is 13.3 Å². The van der Waals surface area contributed by atoms with Gasteiger partial charge in [-0.05, 0) is 30.5 Å². The first kappa shape index (κ1) is 13.4. The van der Waals surface area contributed by atoms with Crippen LogP contribution in [-0.4, -0.2) is 27.1 Å². The highest BCUT2D eigenvalue weighted by Crippen LogP contribution is 2.21. The van der Waals surface area contributed by atoms with E-state index in [-0.39, 0.29) is 12.2 Å². The van der Waals surface area contributed by atoms with E-state index >= 15 is 0 Å². The Bertz CT molecular complexity index is 251. The Morgan fingerprint density at radius 3 is 3.00 bits per heavy atom. The molecule has 0 radical (unpaired) electrons. The zero-order valence-corrected chi connectivity index (χ0v) is 12.7. The molecule has 0 aromatic rings. The Hall–Kier alpha value is 0.347. The van der Waals surface area contributed by atoms with Gasteiger partial charge in [0.15, 0.2) is 0 Å². The third-order valence-electron chi connectivity index (χ3n) is 2.41. The van der Waals surface area contributed by atoms with Crippen LogP contribution in [0.3, 0.4) is 0 Å².